The van der Waals surface area contributed by atoms with Crippen LogP contribution in [0.4, 0.5) is 10.1 Å². The predicted octanol–water partition coefficient (Wildman–Crippen LogP) is 2.47. The molecule has 0 aliphatic rings. The number of carbonyl (C=O) groups excluding carboxylic acids is 1. The number of amides is 1. The molecule has 0 saturated heterocycles. The molecule has 2 aromatic rings. The van der Waals surface area contributed by atoms with Crippen molar-refractivity contribution in [2.45, 2.75) is 13.5 Å². The van der Waals surface area contributed by atoms with E-state index < -0.39 is 5.82 Å². The SMILES string of the molecule is CCN(Cc1ccccn1)C(=O)c1cc(N)ccc1F. The van der Waals surface area contributed by atoms with Gasteiger partial charge < -0.3 is 10.6 Å². The molecule has 0 atom stereocenters. The van der Waals surface area contributed by atoms with Gasteiger partial charge in [-0.1, -0.05) is 6.07 Å². The molecule has 0 saturated carbocycles. The van der Waals surface area contributed by atoms with Gasteiger partial charge in [0.2, 0.25) is 0 Å². The van der Waals surface area contributed by atoms with E-state index in [1.807, 2.05) is 19.1 Å². The molecule has 2 N–H and O–H groups in total. The van der Waals surface area contributed by atoms with Crippen molar-refractivity contribution in [2.24, 2.45) is 0 Å². The van der Waals surface area contributed by atoms with Crippen LogP contribution in [0.3, 0.4) is 0 Å². The molecule has 1 aromatic heterocycles. The number of benzene rings is 1. The standard InChI is InChI=1S/C15H16FN3O/c1-2-19(10-12-5-3-4-8-18-12)15(20)13-9-11(17)6-7-14(13)16/h3-9H,2,10,17H2,1H3. The van der Waals surface area contributed by atoms with Crippen molar-refractivity contribution in [3.63, 3.8) is 0 Å². The molecule has 0 unspecified atom stereocenters. The zero-order chi connectivity index (χ0) is 14.5. The van der Waals surface area contributed by atoms with Crippen LogP contribution in [-0.2, 0) is 6.54 Å². The fourth-order valence-electron chi connectivity index (χ4n) is 1.89. The summed E-state index contributed by atoms with van der Waals surface area (Å²) in [5.41, 5.74) is 6.72. The molecule has 0 fully saturated rings. The van der Waals surface area contributed by atoms with E-state index in [4.69, 9.17) is 5.73 Å². The Bertz CT molecular complexity index is 601. The van der Waals surface area contributed by atoms with Crippen LogP contribution in [-0.4, -0.2) is 22.3 Å². The van der Waals surface area contributed by atoms with E-state index in [0.29, 0.717) is 18.8 Å². The first-order valence-corrected chi connectivity index (χ1v) is 6.36. The molecule has 1 amide bonds. The summed E-state index contributed by atoms with van der Waals surface area (Å²) in [5, 5.41) is 0. The number of halogens is 1. The third-order valence-corrected chi connectivity index (χ3v) is 2.97. The molecule has 2 rings (SSSR count). The van der Waals surface area contributed by atoms with E-state index in [1.165, 1.54) is 23.1 Å². The van der Waals surface area contributed by atoms with E-state index in [2.05, 4.69) is 4.98 Å². The topological polar surface area (TPSA) is 59.2 Å². The van der Waals surface area contributed by atoms with Crippen molar-refractivity contribution in [3.8, 4) is 0 Å². The second kappa shape index (κ2) is 6.14. The van der Waals surface area contributed by atoms with E-state index >= 15 is 0 Å². The number of carbonyl (C=O) groups is 1. The van der Waals surface area contributed by atoms with Crippen LogP contribution in [0.2, 0.25) is 0 Å². The van der Waals surface area contributed by atoms with E-state index in [1.54, 1.807) is 12.3 Å². The number of anilines is 1. The second-order valence-corrected chi connectivity index (χ2v) is 4.38. The third-order valence-electron chi connectivity index (χ3n) is 2.97. The van der Waals surface area contributed by atoms with Crippen molar-refractivity contribution >= 4 is 11.6 Å². The quantitative estimate of drug-likeness (QED) is 0.870. The van der Waals surface area contributed by atoms with E-state index in [0.717, 1.165) is 5.69 Å². The first kappa shape index (κ1) is 14.0. The normalized spacial score (nSPS) is 10.3. The van der Waals surface area contributed by atoms with Gasteiger partial charge in [-0.2, -0.15) is 0 Å². The van der Waals surface area contributed by atoms with Crippen molar-refractivity contribution in [1.82, 2.24) is 9.88 Å². The number of pyridine rings is 1. The highest BCUT2D eigenvalue weighted by atomic mass is 19.1. The molecule has 104 valence electrons. The van der Waals surface area contributed by atoms with Gasteiger partial charge >= 0.3 is 0 Å². The van der Waals surface area contributed by atoms with Gasteiger partial charge in [0, 0.05) is 18.4 Å². The third kappa shape index (κ3) is 3.12. The highest BCUT2D eigenvalue weighted by Gasteiger charge is 2.18. The zero-order valence-corrected chi connectivity index (χ0v) is 11.2. The summed E-state index contributed by atoms with van der Waals surface area (Å²) in [4.78, 5) is 18.1. The lowest BCUT2D eigenvalue weighted by atomic mass is 10.1. The Balaban J connectivity index is 2.23. The minimum atomic E-state index is -0.566. The number of aromatic nitrogens is 1. The Morgan fingerprint density at radius 1 is 1.35 bits per heavy atom. The Kier molecular flexibility index (Phi) is 4.30. The summed E-state index contributed by atoms with van der Waals surface area (Å²) in [7, 11) is 0. The lowest BCUT2D eigenvalue weighted by Gasteiger charge is -2.21. The van der Waals surface area contributed by atoms with Gasteiger partial charge in [0.25, 0.3) is 5.91 Å². The first-order valence-electron chi connectivity index (χ1n) is 6.36. The number of rotatable bonds is 4. The zero-order valence-electron chi connectivity index (χ0n) is 11.2. The molecular formula is C15H16FN3O. The Labute approximate surface area is 117 Å². The summed E-state index contributed by atoms with van der Waals surface area (Å²) in [6.07, 6.45) is 1.66. The van der Waals surface area contributed by atoms with Gasteiger partial charge in [-0.25, -0.2) is 4.39 Å². The molecule has 20 heavy (non-hydrogen) atoms. The highest BCUT2D eigenvalue weighted by molar-refractivity contribution is 5.95. The van der Waals surface area contributed by atoms with E-state index in [-0.39, 0.29) is 11.5 Å². The Morgan fingerprint density at radius 3 is 2.80 bits per heavy atom. The van der Waals surface area contributed by atoms with Gasteiger partial charge in [-0.3, -0.25) is 9.78 Å². The summed E-state index contributed by atoms with van der Waals surface area (Å²) in [6, 6.07) is 9.48. The van der Waals surface area contributed by atoms with Crippen LogP contribution in [0.15, 0.2) is 42.6 Å². The van der Waals surface area contributed by atoms with Crippen molar-refractivity contribution < 1.29 is 9.18 Å². The molecule has 0 radical (unpaired) electrons. The number of nitrogen functional groups attached to an aromatic ring is 1. The fourth-order valence-corrected chi connectivity index (χ4v) is 1.89. The molecule has 5 heteroatoms. The fraction of sp³-hybridized carbons (Fsp3) is 0.200. The van der Waals surface area contributed by atoms with Gasteiger partial charge in [-0.05, 0) is 37.3 Å². The Hall–Kier alpha value is -2.43. The molecule has 0 aliphatic heterocycles. The van der Waals surface area contributed by atoms with Crippen LogP contribution in [0.25, 0.3) is 0 Å². The number of nitrogens with two attached hydrogens (primary N) is 1. The summed E-state index contributed by atoms with van der Waals surface area (Å²) >= 11 is 0. The minimum Gasteiger partial charge on any atom is -0.399 e. The monoisotopic (exact) mass is 273 g/mol. The minimum absolute atomic E-state index is 0.0113. The van der Waals surface area contributed by atoms with Crippen molar-refractivity contribution in [3.05, 3.63) is 59.7 Å². The largest absolute Gasteiger partial charge is 0.399 e. The summed E-state index contributed by atoms with van der Waals surface area (Å²) in [5.74, 6) is -0.952. The molecular weight excluding hydrogens is 257 g/mol. The molecule has 0 bridgehead atoms. The van der Waals surface area contributed by atoms with Crippen LogP contribution < -0.4 is 5.73 Å². The maximum Gasteiger partial charge on any atom is 0.257 e. The number of hydrogen-bond donors (Lipinski definition) is 1. The summed E-state index contributed by atoms with van der Waals surface area (Å²) in [6.45, 7) is 2.64. The lowest BCUT2D eigenvalue weighted by molar-refractivity contribution is 0.0746. The maximum atomic E-state index is 13.7. The maximum absolute atomic E-state index is 13.7. The molecule has 0 aliphatic carbocycles. The molecule has 1 heterocycles. The Morgan fingerprint density at radius 2 is 2.15 bits per heavy atom. The van der Waals surface area contributed by atoms with Crippen LogP contribution in [0.5, 0.6) is 0 Å². The average Bonchev–Trinajstić information content (AvgIpc) is 2.47. The average molecular weight is 273 g/mol. The van der Waals surface area contributed by atoms with Crippen LogP contribution in [0.1, 0.15) is 23.0 Å². The predicted molar refractivity (Wildman–Crippen MR) is 75.5 cm³/mol. The summed E-state index contributed by atoms with van der Waals surface area (Å²) < 4.78 is 13.7. The van der Waals surface area contributed by atoms with E-state index in [9.17, 15) is 9.18 Å². The first-order chi connectivity index (χ1) is 9.61. The molecule has 4 nitrogen and oxygen atoms in total. The van der Waals surface area contributed by atoms with Gasteiger partial charge in [0.1, 0.15) is 5.82 Å². The van der Waals surface area contributed by atoms with Gasteiger partial charge in [0.05, 0.1) is 17.8 Å². The number of nitrogens with zero attached hydrogens (tertiary/aromatic N) is 2. The molecule has 0 spiro atoms. The van der Waals surface area contributed by atoms with Crippen LogP contribution in [0, 0.1) is 5.82 Å². The highest BCUT2D eigenvalue weighted by Crippen LogP contribution is 2.15. The number of hydrogen-bond acceptors (Lipinski definition) is 3. The van der Waals surface area contributed by atoms with Crippen molar-refractivity contribution in [2.75, 3.05) is 12.3 Å². The van der Waals surface area contributed by atoms with Crippen molar-refractivity contribution in [1.29, 1.82) is 0 Å². The van der Waals surface area contributed by atoms with Crippen LogP contribution >= 0.6 is 0 Å². The second-order valence-electron chi connectivity index (χ2n) is 4.38. The van der Waals surface area contributed by atoms with Gasteiger partial charge in [0.15, 0.2) is 0 Å². The molecule has 1 aromatic carbocycles. The lowest BCUT2D eigenvalue weighted by Crippen LogP contribution is -2.31. The van der Waals surface area contributed by atoms with Gasteiger partial charge in [-0.15, -0.1) is 0 Å². The smallest absolute Gasteiger partial charge is 0.257 e.